The number of carbonyl (C=O) groups excluding carboxylic acids is 1. The summed E-state index contributed by atoms with van der Waals surface area (Å²) in [6.45, 7) is 6.69. The molecule has 0 unspecified atom stereocenters. The second-order valence-electron chi connectivity index (χ2n) is 9.09. The Morgan fingerprint density at radius 2 is 1.49 bits per heavy atom. The third kappa shape index (κ3) is 8.39. The molecule has 2 aliphatic heterocycles. The summed E-state index contributed by atoms with van der Waals surface area (Å²) >= 11 is 0. The lowest BCUT2D eigenvalue weighted by Crippen LogP contribution is -2.54. The van der Waals surface area contributed by atoms with Crippen LogP contribution in [-0.4, -0.2) is 67.5 Å². The predicted molar refractivity (Wildman–Crippen MR) is 146 cm³/mol. The van der Waals surface area contributed by atoms with E-state index >= 15 is 0 Å². The third-order valence-corrected chi connectivity index (χ3v) is 8.23. The molecule has 2 heterocycles. The average molecular weight is 643 g/mol. The van der Waals surface area contributed by atoms with E-state index in [0.29, 0.717) is 18.7 Å². The molecule has 43 heavy (non-hydrogen) atoms. The summed E-state index contributed by atoms with van der Waals surface area (Å²) in [6.07, 6.45) is -3.52. The minimum absolute atomic E-state index is 0.00437. The maximum Gasteiger partial charge on any atom is 0.430 e. The van der Waals surface area contributed by atoms with Crippen molar-refractivity contribution in [1.29, 1.82) is 0 Å². The normalized spacial score (nSPS) is 16.8. The molecule has 2 aromatic carbocycles. The molecule has 7 nitrogen and oxygen atoms in total. The number of hydrogen-bond acceptors (Lipinski definition) is 5. The molecular formula is C28H33F7N2O5S. The first-order chi connectivity index (χ1) is 19.9. The van der Waals surface area contributed by atoms with Crippen molar-refractivity contribution in [3.05, 3.63) is 59.4 Å². The number of benzene rings is 2. The van der Waals surface area contributed by atoms with Crippen molar-refractivity contribution in [2.45, 2.75) is 69.0 Å². The second-order valence-corrected chi connectivity index (χ2v) is 11.0. The van der Waals surface area contributed by atoms with E-state index in [0.717, 1.165) is 47.6 Å². The van der Waals surface area contributed by atoms with Crippen LogP contribution in [0, 0.1) is 18.7 Å². The minimum atomic E-state index is -6.05. The van der Waals surface area contributed by atoms with Crippen LogP contribution in [-0.2, 0) is 26.8 Å². The molecule has 0 spiro atoms. The van der Waals surface area contributed by atoms with Gasteiger partial charge in [0.15, 0.2) is 0 Å². The highest BCUT2D eigenvalue weighted by Gasteiger charge is 2.71. The summed E-state index contributed by atoms with van der Waals surface area (Å²) in [5, 5.41) is 18.5. The molecule has 0 bridgehead atoms. The van der Waals surface area contributed by atoms with Crippen molar-refractivity contribution in [2.75, 3.05) is 23.9 Å². The Kier molecular flexibility index (Phi) is 13.0. The number of halogens is 7. The van der Waals surface area contributed by atoms with E-state index in [-0.39, 0.29) is 47.5 Å². The number of β-amino-alcohol motifs (C(OH)–C–C–N with tert-alkyl or cyclic N) is 1. The summed E-state index contributed by atoms with van der Waals surface area (Å²) in [5.41, 5.74) is -6.77. The fourth-order valence-electron chi connectivity index (χ4n) is 4.29. The SMILES string of the molecule is C#C.CC.CC(=O)N1CC[C@H](O)C1.O=S(=O)(c1ccc(F)cc1)N1CCCc2cc(C(O)(C(F)(F)F)C(F)(F)F)ccc21. The zero-order valence-electron chi connectivity index (χ0n) is 23.6. The van der Waals surface area contributed by atoms with Crippen molar-refractivity contribution in [2.24, 2.45) is 0 Å². The molecule has 4 rings (SSSR count). The maximum absolute atomic E-state index is 13.1. The summed E-state index contributed by atoms with van der Waals surface area (Å²) in [5.74, 6) is -0.622. The number of amides is 1. The molecule has 1 fully saturated rings. The molecule has 0 radical (unpaired) electrons. The van der Waals surface area contributed by atoms with E-state index in [1.54, 1.807) is 4.90 Å². The number of alkyl halides is 6. The molecule has 2 N–H and O–H groups in total. The first kappa shape index (κ1) is 37.7. The van der Waals surface area contributed by atoms with Gasteiger partial charge in [0.05, 0.1) is 16.7 Å². The Bertz CT molecular complexity index is 1330. The second kappa shape index (κ2) is 14.9. The molecule has 2 aromatic rings. The number of rotatable bonds is 3. The number of hydrogen-bond donors (Lipinski definition) is 2. The van der Waals surface area contributed by atoms with Crippen molar-refractivity contribution in [1.82, 2.24) is 4.90 Å². The van der Waals surface area contributed by atoms with Gasteiger partial charge in [-0.2, -0.15) is 26.3 Å². The number of fused-ring (bicyclic) bond motifs is 1. The number of nitrogens with zero attached hydrogens (tertiary/aromatic N) is 2. The van der Waals surface area contributed by atoms with E-state index < -0.39 is 39.4 Å². The van der Waals surface area contributed by atoms with Gasteiger partial charge in [-0.05, 0) is 55.2 Å². The minimum Gasteiger partial charge on any atom is -0.391 e. The van der Waals surface area contributed by atoms with Gasteiger partial charge in [-0.3, -0.25) is 9.10 Å². The van der Waals surface area contributed by atoms with Crippen LogP contribution in [0.25, 0.3) is 0 Å². The Labute approximate surface area is 246 Å². The monoisotopic (exact) mass is 642 g/mol. The molecular weight excluding hydrogens is 609 g/mol. The smallest absolute Gasteiger partial charge is 0.391 e. The number of anilines is 1. The maximum atomic E-state index is 13.1. The zero-order chi connectivity index (χ0) is 33.4. The van der Waals surface area contributed by atoms with Crippen LogP contribution >= 0.6 is 0 Å². The summed E-state index contributed by atoms with van der Waals surface area (Å²) in [4.78, 5) is 12.0. The lowest BCUT2D eigenvalue weighted by atomic mass is 9.89. The van der Waals surface area contributed by atoms with Crippen LogP contribution in [0.15, 0.2) is 47.4 Å². The van der Waals surface area contributed by atoms with E-state index in [9.17, 15) is 49.1 Å². The van der Waals surface area contributed by atoms with Crippen molar-refractivity contribution in [3.8, 4) is 12.8 Å². The molecule has 1 amide bonds. The van der Waals surface area contributed by atoms with Crippen molar-refractivity contribution in [3.63, 3.8) is 0 Å². The largest absolute Gasteiger partial charge is 0.430 e. The Morgan fingerprint density at radius 1 is 0.953 bits per heavy atom. The van der Waals surface area contributed by atoms with Gasteiger partial charge in [-0.1, -0.05) is 26.0 Å². The molecule has 240 valence electrons. The first-order valence-electron chi connectivity index (χ1n) is 12.9. The number of likely N-dealkylation sites (tertiary alicyclic amines) is 1. The number of carbonyl (C=O) groups is 1. The van der Waals surface area contributed by atoms with Gasteiger partial charge in [0.1, 0.15) is 5.82 Å². The number of terminal acetylenes is 1. The van der Waals surface area contributed by atoms with Crippen LogP contribution < -0.4 is 4.31 Å². The predicted octanol–water partition coefficient (Wildman–Crippen LogP) is 5.15. The zero-order valence-corrected chi connectivity index (χ0v) is 24.4. The van der Waals surface area contributed by atoms with Crippen molar-refractivity contribution < 1.29 is 54.2 Å². The number of aliphatic hydroxyl groups is 2. The Balaban J connectivity index is 0.000000597. The van der Waals surface area contributed by atoms with Crippen LogP contribution in [0.2, 0.25) is 0 Å². The van der Waals surface area contributed by atoms with Crippen molar-refractivity contribution >= 4 is 21.6 Å². The van der Waals surface area contributed by atoms with Gasteiger partial charge in [-0.15, -0.1) is 12.8 Å². The summed E-state index contributed by atoms with van der Waals surface area (Å²) in [6, 6.07) is 5.54. The highest BCUT2D eigenvalue weighted by Crippen LogP contribution is 2.51. The first-order valence-corrected chi connectivity index (χ1v) is 14.4. The van der Waals surface area contributed by atoms with Gasteiger partial charge in [-0.25, -0.2) is 12.8 Å². The lowest BCUT2D eigenvalue weighted by Gasteiger charge is -2.35. The van der Waals surface area contributed by atoms with Gasteiger partial charge < -0.3 is 15.1 Å². The Morgan fingerprint density at radius 3 is 1.91 bits per heavy atom. The molecule has 1 saturated heterocycles. The number of sulfonamides is 1. The van der Waals surface area contributed by atoms with E-state index in [1.165, 1.54) is 6.92 Å². The van der Waals surface area contributed by atoms with Crippen LogP contribution in [0.1, 0.15) is 44.7 Å². The highest BCUT2D eigenvalue weighted by molar-refractivity contribution is 7.92. The summed E-state index contributed by atoms with van der Waals surface area (Å²) < 4.78 is 118. The lowest BCUT2D eigenvalue weighted by molar-refractivity contribution is -0.376. The quantitative estimate of drug-likeness (QED) is 0.357. The number of aliphatic hydroxyl groups excluding tert-OH is 1. The molecule has 15 heteroatoms. The average Bonchev–Trinajstić information content (AvgIpc) is 3.40. The molecule has 0 aliphatic carbocycles. The Hall–Kier alpha value is -3.35. The van der Waals surface area contributed by atoms with Gasteiger partial charge in [0.2, 0.25) is 5.91 Å². The molecule has 2 aliphatic rings. The topological polar surface area (TPSA) is 98.2 Å². The summed E-state index contributed by atoms with van der Waals surface area (Å²) in [7, 11) is -4.24. The molecule has 0 saturated carbocycles. The molecule has 0 aromatic heterocycles. The van der Waals surface area contributed by atoms with Crippen LogP contribution in [0.5, 0.6) is 0 Å². The van der Waals surface area contributed by atoms with E-state index in [4.69, 9.17) is 5.11 Å². The molecule has 1 atom stereocenters. The number of aryl methyl sites for hydroxylation is 1. The van der Waals surface area contributed by atoms with Gasteiger partial charge in [0, 0.05) is 32.1 Å². The van der Waals surface area contributed by atoms with Crippen LogP contribution in [0.4, 0.5) is 36.4 Å². The van der Waals surface area contributed by atoms with Gasteiger partial charge >= 0.3 is 12.4 Å². The van der Waals surface area contributed by atoms with Crippen LogP contribution in [0.3, 0.4) is 0 Å². The van der Waals surface area contributed by atoms with E-state index in [1.807, 2.05) is 13.8 Å². The third-order valence-electron chi connectivity index (χ3n) is 6.40. The van der Waals surface area contributed by atoms with Gasteiger partial charge in [0.25, 0.3) is 15.6 Å². The fraction of sp³-hybridized carbons (Fsp3) is 0.464. The fourth-order valence-corrected chi connectivity index (χ4v) is 5.83. The highest BCUT2D eigenvalue weighted by atomic mass is 32.2. The van der Waals surface area contributed by atoms with E-state index in [2.05, 4.69) is 12.8 Å². The standard InChI is InChI=1S/C18H14F7NO3S.C6H11NO2.C2H6.C2H2/c19-13-4-6-14(7-5-13)30(28,29)26-9-1-2-11-10-12(3-8-15(11)26)16(27,17(20,21)22)18(23,24)25;1-5(8)7-3-2-6(9)4-7;2*1-2/h3-8,10,27H,1-2,9H2;6,9H,2-4H2,1H3;1-2H3;1-2H/t;6-;;/m.0../s1.